The van der Waals surface area contributed by atoms with E-state index in [1.165, 1.54) is 15.3 Å². The number of hydrogen-bond acceptors (Lipinski definition) is 7. The van der Waals surface area contributed by atoms with E-state index in [1.54, 1.807) is 46.9 Å². The third kappa shape index (κ3) is 4.75. The highest BCUT2D eigenvalue weighted by molar-refractivity contribution is 7.23. The summed E-state index contributed by atoms with van der Waals surface area (Å²) in [5.41, 5.74) is 4.06. The molecule has 0 bridgehead atoms. The van der Waals surface area contributed by atoms with Crippen LogP contribution in [0.2, 0.25) is 0 Å². The number of amides is 3. The largest absolute Gasteiger partial charge is 0.313 e. The minimum atomic E-state index is -0.275. The van der Waals surface area contributed by atoms with Crippen LogP contribution in [0.3, 0.4) is 0 Å². The average Bonchev–Trinajstić information content (AvgIpc) is 3.57. The summed E-state index contributed by atoms with van der Waals surface area (Å²) in [6.45, 7) is 6.23. The summed E-state index contributed by atoms with van der Waals surface area (Å²) in [6, 6.07) is 15.2. The number of hydrogen-bond donors (Lipinski definition) is 1. The Morgan fingerprint density at radius 2 is 1.76 bits per heavy atom. The third-order valence-electron chi connectivity index (χ3n) is 6.97. The number of aromatic nitrogens is 1. The van der Waals surface area contributed by atoms with Crippen LogP contribution in [0.15, 0.2) is 48.5 Å². The molecule has 1 fully saturated rings. The molecule has 0 unspecified atom stereocenters. The smallest absolute Gasteiger partial charge is 0.256 e. The first-order valence-corrected chi connectivity index (χ1v) is 14.0. The number of carbonyl (C=O) groups excluding carboxylic acids is 3. The lowest BCUT2D eigenvalue weighted by atomic mass is 10.0. The molecular weight excluding hydrogens is 540 g/mol. The second-order valence-electron chi connectivity index (χ2n) is 9.64. The molecule has 0 aliphatic carbocycles. The number of imide groups is 1. The number of thiophene rings is 1. The van der Waals surface area contributed by atoms with Crippen molar-refractivity contribution in [3.8, 4) is 10.6 Å². The summed E-state index contributed by atoms with van der Waals surface area (Å²) in [6.07, 6.45) is 1.31. The lowest BCUT2D eigenvalue weighted by Crippen LogP contribution is -2.35. The molecule has 3 amide bonds. The first-order valence-electron chi connectivity index (χ1n) is 12.4. The normalized spacial score (nSPS) is 15.7. The highest BCUT2D eigenvalue weighted by Crippen LogP contribution is 2.46. The fourth-order valence-electron chi connectivity index (χ4n) is 4.98. The molecule has 2 aromatic carbocycles. The number of nitrogens with zero attached hydrogens (tertiary/aromatic N) is 3. The summed E-state index contributed by atoms with van der Waals surface area (Å²) in [4.78, 5) is 47.7. The zero-order valence-corrected chi connectivity index (χ0v) is 23.5. The predicted octanol–water partition coefficient (Wildman–Crippen LogP) is 6.12. The molecule has 4 aromatic rings. The van der Waals surface area contributed by atoms with Gasteiger partial charge in [0, 0.05) is 48.0 Å². The van der Waals surface area contributed by atoms with Crippen molar-refractivity contribution < 1.29 is 14.4 Å². The van der Waals surface area contributed by atoms with E-state index in [2.05, 4.69) is 30.1 Å². The van der Waals surface area contributed by atoms with Crippen molar-refractivity contribution in [3.63, 3.8) is 0 Å². The van der Waals surface area contributed by atoms with Crippen LogP contribution in [0.1, 0.15) is 47.5 Å². The van der Waals surface area contributed by atoms with Crippen LogP contribution in [0.4, 0.5) is 10.7 Å². The summed E-state index contributed by atoms with van der Waals surface area (Å²) in [7, 11) is 0. The molecule has 2 aliphatic rings. The number of para-hydroxylation sites is 1. The highest BCUT2D eigenvalue weighted by Gasteiger charge is 2.31. The molecule has 38 heavy (non-hydrogen) atoms. The minimum absolute atomic E-state index is 0. The maximum absolute atomic E-state index is 13.5. The summed E-state index contributed by atoms with van der Waals surface area (Å²) in [5.74, 6) is -0.745. The second kappa shape index (κ2) is 10.6. The van der Waals surface area contributed by atoms with Crippen molar-refractivity contribution in [3.05, 3.63) is 64.5 Å². The molecule has 2 aliphatic heterocycles. The molecule has 4 heterocycles. The van der Waals surface area contributed by atoms with E-state index in [0.717, 1.165) is 45.3 Å². The van der Waals surface area contributed by atoms with Crippen LogP contribution in [0, 0.1) is 0 Å². The van der Waals surface area contributed by atoms with Crippen LogP contribution < -0.4 is 10.2 Å². The van der Waals surface area contributed by atoms with Crippen LogP contribution >= 0.6 is 35.1 Å². The molecule has 2 aromatic heterocycles. The van der Waals surface area contributed by atoms with E-state index in [-0.39, 0.29) is 43.0 Å². The maximum Gasteiger partial charge on any atom is 0.256 e. The topological polar surface area (TPSA) is 82.6 Å². The molecule has 10 heteroatoms. The summed E-state index contributed by atoms with van der Waals surface area (Å²) >= 11 is 3.26. The number of halogens is 1. The minimum Gasteiger partial charge on any atom is -0.313 e. The zero-order valence-electron chi connectivity index (χ0n) is 21.0. The first kappa shape index (κ1) is 26.5. The molecule has 196 valence electrons. The quantitative estimate of drug-likeness (QED) is 0.294. The molecule has 7 nitrogen and oxygen atoms in total. The van der Waals surface area contributed by atoms with Crippen LogP contribution in [-0.4, -0.2) is 40.2 Å². The Kier molecular flexibility index (Phi) is 7.37. The number of nitrogens with one attached hydrogen (secondary N) is 1. The molecule has 0 saturated carbocycles. The van der Waals surface area contributed by atoms with Crippen LogP contribution in [-0.2, 0) is 22.6 Å². The van der Waals surface area contributed by atoms with Gasteiger partial charge in [-0.3, -0.25) is 24.2 Å². The Labute approximate surface area is 234 Å². The SMILES string of the molecule is CC(C)N1CCc2c(sc(NC(=O)c3cccc(N4C(=O)CCC4=O)c3)c2-c2nc3ccccc3s2)C1.Cl. The number of carbonyl (C=O) groups is 3. The number of benzene rings is 2. The fourth-order valence-corrected chi connectivity index (χ4v) is 7.36. The molecule has 0 atom stereocenters. The molecule has 1 saturated heterocycles. The molecule has 0 radical (unpaired) electrons. The summed E-state index contributed by atoms with van der Waals surface area (Å²) < 4.78 is 1.11. The van der Waals surface area contributed by atoms with Crippen LogP contribution in [0.25, 0.3) is 20.8 Å². The maximum atomic E-state index is 13.5. The summed E-state index contributed by atoms with van der Waals surface area (Å²) in [5, 5.41) is 4.85. The van der Waals surface area contributed by atoms with Gasteiger partial charge in [0.05, 0.1) is 15.9 Å². The number of fused-ring (bicyclic) bond motifs is 2. The number of anilines is 2. The molecule has 1 N–H and O–H groups in total. The Morgan fingerprint density at radius 3 is 2.50 bits per heavy atom. The zero-order chi connectivity index (χ0) is 25.7. The second-order valence-corrected chi connectivity index (χ2v) is 11.8. The van der Waals surface area contributed by atoms with E-state index >= 15 is 0 Å². The average molecular weight is 567 g/mol. The van der Waals surface area contributed by atoms with Gasteiger partial charge in [-0.25, -0.2) is 4.98 Å². The van der Waals surface area contributed by atoms with Crippen molar-refractivity contribution in [1.82, 2.24) is 9.88 Å². The van der Waals surface area contributed by atoms with Crippen molar-refractivity contribution in [2.45, 2.75) is 45.7 Å². The van der Waals surface area contributed by atoms with Gasteiger partial charge in [-0.2, -0.15) is 0 Å². The van der Waals surface area contributed by atoms with Gasteiger partial charge in [-0.1, -0.05) is 18.2 Å². The Bertz CT molecular complexity index is 1510. The Balaban J connectivity index is 0.00000294. The van der Waals surface area contributed by atoms with Crippen molar-refractivity contribution >= 4 is 73.7 Å². The standard InChI is InChI=1S/C28H26N4O3S2.ClH/c1-16(2)31-13-12-19-22(15-31)37-28(25(19)27-29-20-8-3-4-9-21(20)36-27)30-26(35)17-6-5-7-18(14-17)32-23(33)10-11-24(32)34;/h3-9,14,16H,10-13,15H2,1-2H3,(H,30,35);1H. The van der Waals surface area contributed by atoms with Gasteiger partial charge < -0.3 is 5.32 Å². The number of thiazole rings is 1. The molecule has 0 spiro atoms. The fraction of sp³-hybridized carbons (Fsp3) is 0.286. The van der Waals surface area contributed by atoms with Crippen molar-refractivity contribution in [2.75, 3.05) is 16.8 Å². The third-order valence-corrected chi connectivity index (χ3v) is 9.16. The highest BCUT2D eigenvalue weighted by atomic mass is 35.5. The van der Waals surface area contributed by atoms with Gasteiger partial charge in [-0.15, -0.1) is 35.1 Å². The lowest BCUT2D eigenvalue weighted by Gasteiger charge is -2.30. The monoisotopic (exact) mass is 566 g/mol. The van der Waals surface area contributed by atoms with Gasteiger partial charge in [-0.05, 0) is 56.2 Å². The van der Waals surface area contributed by atoms with Gasteiger partial charge in [0.15, 0.2) is 0 Å². The molecular formula is C28H27ClN4O3S2. The van der Waals surface area contributed by atoms with E-state index in [1.807, 2.05) is 18.2 Å². The Hall–Kier alpha value is -3.11. The van der Waals surface area contributed by atoms with Gasteiger partial charge in [0.2, 0.25) is 11.8 Å². The van der Waals surface area contributed by atoms with Gasteiger partial charge >= 0.3 is 0 Å². The Morgan fingerprint density at radius 1 is 1.00 bits per heavy atom. The molecule has 6 rings (SSSR count). The lowest BCUT2D eigenvalue weighted by molar-refractivity contribution is -0.121. The van der Waals surface area contributed by atoms with E-state index in [4.69, 9.17) is 4.98 Å². The van der Waals surface area contributed by atoms with Gasteiger partial charge in [0.25, 0.3) is 5.91 Å². The van der Waals surface area contributed by atoms with E-state index in [0.29, 0.717) is 17.3 Å². The predicted molar refractivity (Wildman–Crippen MR) is 156 cm³/mol. The number of rotatable bonds is 5. The van der Waals surface area contributed by atoms with Crippen LogP contribution in [0.5, 0.6) is 0 Å². The van der Waals surface area contributed by atoms with Crippen molar-refractivity contribution in [1.29, 1.82) is 0 Å². The van der Waals surface area contributed by atoms with Crippen molar-refractivity contribution in [2.24, 2.45) is 0 Å². The van der Waals surface area contributed by atoms with E-state index < -0.39 is 0 Å². The van der Waals surface area contributed by atoms with Gasteiger partial charge in [0.1, 0.15) is 10.0 Å². The van der Waals surface area contributed by atoms with E-state index in [9.17, 15) is 14.4 Å². The first-order chi connectivity index (χ1) is 17.9.